The Hall–Kier alpha value is -0.120. The fourth-order valence-corrected chi connectivity index (χ4v) is 2.65. The molecule has 0 amide bonds. The number of hydrogen-bond acceptors (Lipinski definition) is 3. The number of rotatable bonds is 5. The zero-order valence-corrected chi connectivity index (χ0v) is 10.4. The van der Waals surface area contributed by atoms with E-state index in [-0.39, 0.29) is 0 Å². The zero-order chi connectivity index (χ0) is 11.3. The summed E-state index contributed by atoms with van der Waals surface area (Å²) in [5, 5.41) is 0. The van der Waals surface area contributed by atoms with Gasteiger partial charge in [0.05, 0.1) is 0 Å². The van der Waals surface area contributed by atoms with Crippen molar-refractivity contribution < 1.29 is 4.74 Å². The molecule has 1 rings (SSSR count). The first-order chi connectivity index (χ1) is 7.20. The second-order valence-electron chi connectivity index (χ2n) is 4.79. The molecule has 0 aromatic rings. The highest BCUT2D eigenvalue weighted by molar-refractivity contribution is 4.85. The lowest BCUT2D eigenvalue weighted by Gasteiger charge is -2.43. The van der Waals surface area contributed by atoms with Gasteiger partial charge in [-0.05, 0) is 38.6 Å². The van der Waals surface area contributed by atoms with Crippen LogP contribution < -0.4 is 5.73 Å². The molecule has 3 unspecified atom stereocenters. The molecule has 3 nitrogen and oxygen atoms in total. The number of nitrogens with zero attached hydrogens (tertiary/aromatic N) is 1. The number of ether oxygens (including phenoxy) is 1. The molecule has 1 aliphatic rings. The van der Waals surface area contributed by atoms with Crippen molar-refractivity contribution in [2.45, 2.75) is 45.2 Å². The first-order valence-corrected chi connectivity index (χ1v) is 6.15. The largest absolute Gasteiger partial charge is 0.385 e. The quantitative estimate of drug-likeness (QED) is 0.753. The van der Waals surface area contributed by atoms with Crippen molar-refractivity contribution in [3.05, 3.63) is 0 Å². The summed E-state index contributed by atoms with van der Waals surface area (Å²) in [5.41, 5.74) is 5.88. The van der Waals surface area contributed by atoms with Crippen LogP contribution in [0.2, 0.25) is 0 Å². The van der Waals surface area contributed by atoms with Crippen LogP contribution in [0.3, 0.4) is 0 Å². The third-order valence-electron chi connectivity index (χ3n) is 3.71. The van der Waals surface area contributed by atoms with Crippen LogP contribution >= 0.6 is 0 Å². The molecule has 1 heterocycles. The van der Waals surface area contributed by atoms with Gasteiger partial charge in [0.2, 0.25) is 0 Å². The van der Waals surface area contributed by atoms with Crippen molar-refractivity contribution in [3.63, 3.8) is 0 Å². The van der Waals surface area contributed by atoms with Gasteiger partial charge in [-0.25, -0.2) is 0 Å². The van der Waals surface area contributed by atoms with Gasteiger partial charge in [-0.3, -0.25) is 4.90 Å². The lowest BCUT2D eigenvalue weighted by Crippen LogP contribution is -2.52. The van der Waals surface area contributed by atoms with Crippen LogP contribution in [0.4, 0.5) is 0 Å². The van der Waals surface area contributed by atoms with E-state index in [1.165, 1.54) is 19.4 Å². The average molecular weight is 214 g/mol. The minimum Gasteiger partial charge on any atom is -0.385 e. The summed E-state index contributed by atoms with van der Waals surface area (Å²) in [6.07, 6.45) is 3.75. The molecule has 3 heteroatoms. The van der Waals surface area contributed by atoms with E-state index in [0.717, 1.165) is 25.5 Å². The molecule has 15 heavy (non-hydrogen) atoms. The van der Waals surface area contributed by atoms with Crippen molar-refractivity contribution >= 4 is 0 Å². The summed E-state index contributed by atoms with van der Waals surface area (Å²) < 4.78 is 5.14. The maximum absolute atomic E-state index is 5.88. The third-order valence-corrected chi connectivity index (χ3v) is 3.71. The Labute approximate surface area is 94.0 Å². The van der Waals surface area contributed by atoms with Crippen molar-refractivity contribution in [2.24, 2.45) is 11.7 Å². The molecule has 0 spiro atoms. The van der Waals surface area contributed by atoms with E-state index in [2.05, 4.69) is 18.7 Å². The van der Waals surface area contributed by atoms with Gasteiger partial charge in [-0.1, -0.05) is 6.92 Å². The number of likely N-dealkylation sites (tertiary alicyclic amines) is 1. The first kappa shape index (κ1) is 12.9. The SMILES string of the molecule is COCCC(C)N1CCCC(C)C1CN. The summed E-state index contributed by atoms with van der Waals surface area (Å²) in [6, 6.07) is 1.17. The van der Waals surface area contributed by atoms with Gasteiger partial charge in [0.1, 0.15) is 0 Å². The summed E-state index contributed by atoms with van der Waals surface area (Å²) >= 11 is 0. The van der Waals surface area contributed by atoms with E-state index in [9.17, 15) is 0 Å². The van der Waals surface area contributed by atoms with Crippen LogP contribution in [0.1, 0.15) is 33.1 Å². The Bertz CT molecular complexity index is 175. The standard InChI is InChI=1S/C12H26N2O/c1-10-5-4-7-14(12(10)9-13)11(2)6-8-15-3/h10-12H,4-9,13H2,1-3H3. The lowest BCUT2D eigenvalue weighted by molar-refractivity contribution is 0.0524. The van der Waals surface area contributed by atoms with Crippen molar-refractivity contribution in [1.82, 2.24) is 4.90 Å². The first-order valence-electron chi connectivity index (χ1n) is 6.15. The van der Waals surface area contributed by atoms with Crippen LogP contribution in [0, 0.1) is 5.92 Å². The second-order valence-corrected chi connectivity index (χ2v) is 4.79. The molecule has 1 saturated heterocycles. The van der Waals surface area contributed by atoms with Gasteiger partial charge in [0.25, 0.3) is 0 Å². The fraction of sp³-hybridized carbons (Fsp3) is 1.00. The summed E-state index contributed by atoms with van der Waals surface area (Å²) in [7, 11) is 1.77. The molecule has 2 N–H and O–H groups in total. The molecule has 0 bridgehead atoms. The molecule has 1 fully saturated rings. The molecule has 0 saturated carbocycles. The van der Waals surface area contributed by atoms with E-state index in [0.29, 0.717) is 12.1 Å². The summed E-state index contributed by atoms with van der Waals surface area (Å²) in [5.74, 6) is 0.744. The van der Waals surface area contributed by atoms with E-state index in [4.69, 9.17) is 10.5 Å². The minimum atomic E-state index is 0.575. The number of hydrogen-bond donors (Lipinski definition) is 1. The average Bonchev–Trinajstić information content (AvgIpc) is 2.25. The van der Waals surface area contributed by atoms with Gasteiger partial charge in [0.15, 0.2) is 0 Å². The van der Waals surface area contributed by atoms with Gasteiger partial charge >= 0.3 is 0 Å². The van der Waals surface area contributed by atoms with E-state index in [1.54, 1.807) is 7.11 Å². The lowest BCUT2D eigenvalue weighted by atomic mass is 9.89. The van der Waals surface area contributed by atoms with Crippen LogP contribution in [0.5, 0.6) is 0 Å². The summed E-state index contributed by atoms with van der Waals surface area (Å²) in [6.45, 7) is 7.46. The highest BCUT2D eigenvalue weighted by Crippen LogP contribution is 2.25. The predicted molar refractivity (Wildman–Crippen MR) is 63.9 cm³/mol. The molecule has 3 atom stereocenters. The van der Waals surface area contributed by atoms with Gasteiger partial charge in [-0.15, -0.1) is 0 Å². The molecule has 0 aromatic heterocycles. The van der Waals surface area contributed by atoms with Gasteiger partial charge in [0, 0.05) is 32.3 Å². The van der Waals surface area contributed by atoms with Gasteiger partial charge in [-0.2, -0.15) is 0 Å². The van der Waals surface area contributed by atoms with E-state index < -0.39 is 0 Å². The maximum atomic E-state index is 5.88. The smallest absolute Gasteiger partial charge is 0.0477 e. The monoisotopic (exact) mass is 214 g/mol. The molecule has 90 valence electrons. The Kier molecular flexibility index (Phi) is 5.58. The van der Waals surface area contributed by atoms with Crippen LogP contribution in [-0.4, -0.2) is 43.8 Å². The third kappa shape index (κ3) is 3.44. The topological polar surface area (TPSA) is 38.5 Å². The predicted octanol–water partition coefficient (Wildman–Crippen LogP) is 1.47. The number of piperidine rings is 1. The Morgan fingerprint density at radius 2 is 2.27 bits per heavy atom. The number of methoxy groups -OCH3 is 1. The van der Waals surface area contributed by atoms with E-state index >= 15 is 0 Å². The molecule has 0 radical (unpaired) electrons. The van der Waals surface area contributed by atoms with Crippen LogP contribution in [0.15, 0.2) is 0 Å². The Balaban J connectivity index is 2.49. The van der Waals surface area contributed by atoms with Gasteiger partial charge < -0.3 is 10.5 Å². The highest BCUT2D eigenvalue weighted by Gasteiger charge is 2.29. The fourth-order valence-electron chi connectivity index (χ4n) is 2.65. The van der Waals surface area contributed by atoms with Crippen LogP contribution in [-0.2, 0) is 4.74 Å². The van der Waals surface area contributed by atoms with Crippen molar-refractivity contribution in [1.29, 1.82) is 0 Å². The number of nitrogens with two attached hydrogens (primary N) is 1. The maximum Gasteiger partial charge on any atom is 0.0477 e. The van der Waals surface area contributed by atoms with E-state index in [1.807, 2.05) is 0 Å². The zero-order valence-electron chi connectivity index (χ0n) is 10.4. The minimum absolute atomic E-state index is 0.575. The van der Waals surface area contributed by atoms with Crippen molar-refractivity contribution in [2.75, 3.05) is 26.8 Å². The molecular weight excluding hydrogens is 188 g/mol. The second kappa shape index (κ2) is 6.46. The molecule has 0 aliphatic carbocycles. The Morgan fingerprint density at radius 1 is 1.53 bits per heavy atom. The summed E-state index contributed by atoms with van der Waals surface area (Å²) in [4.78, 5) is 2.58. The highest BCUT2D eigenvalue weighted by atomic mass is 16.5. The molecular formula is C12H26N2O. The molecule has 0 aromatic carbocycles. The Morgan fingerprint density at radius 3 is 2.87 bits per heavy atom. The van der Waals surface area contributed by atoms with Crippen LogP contribution in [0.25, 0.3) is 0 Å². The molecule has 1 aliphatic heterocycles. The van der Waals surface area contributed by atoms with Crippen molar-refractivity contribution in [3.8, 4) is 0 Å². The normalized spacial score (nSPS) is 30.4.